The maximum atomic E-state index is 12.4. The first-order valence-corrected chi connectivity index (χ1v) is 8.18. The molecule has 1 aliphatic heterocycles. The molecule has 7 heteroatoms. The lowest BCUT2D eigenvalue weighted by Gasteiger charge is -2.24. The summed E-state index contributed by atoms with van der Waals surface area (Å²) in [7, 11) is -1.96. The topological polar surface area (TPSA) is 69.6 Å². The predicted octanol–water partition coefficient (Wildman–Crippen LogP) is 0.264. The third-order valence-electron chi connectivity index (χ3n) is 3.24. The van der Waals surface area contributed by atoms with E-state index in [0.29, 0.717) is 17.3 Å². The highest BCUT2D eigenvalue weighted by atomic mass is 32.2. The summed E-state index contributed by atoms with van der Waals surface area (Å²) in [5, 5.41) is 12.7. The van der Waals surface area contributed by atoms with Gasteiger partial charge in [-0.2, -0.15) is 4.31 Å². The van der Waals surface area contributed by atoms with Crippen molar-refractivity contribution in [3.8, 4) is 0 Å². The van der Waals surface area contributed by atoms with Crippen LogP contribution in [0.2, 0.25) is 0 Å². The second-order valence-electron chi connectivity index (χ2n) is 4.39. The van der Waals surface area contributed by atoms with Gasteiger partial charge in [0.2, 0.25) is 0 Å². The monoisotopic (exact) mass is 290 g/mol. The van der Waals surface area contributed by atoms with Gasteiger partial charge in [-0.1, -0.05) is 6.92 Å². The number of aryl methyl sites for hydroxylation is 1. The fourth-order valence-corrected chi connectivity index (χ4v) is 4.89. The van der Waals surface area contributed by atoms with Gasteiger partial charge in [-0.15, -0.1) is 11.3 Å². The van der Waals surface area contributed by atoms with Crippen LogP contribution >= 0.6 is 11.3 Å². The molecule has 0 amide bonds. The molecule has 0 spiro atoms. The second-order valence-corrected chi connectivity index (χ2v) is 7.78. The van der Waals surface area contributed by atoms with E-state index in [2.05, 4.69) is 5.32 Å². The van der Waals surface area contributed by atoms with Gasteiger partial charge in [0, 0.05) is 25.0 Å². The van der Waals surface area contributed by atoms with Crippen molar-refractivity contribution in [3.05, 3.63) is 17.0 Å². The number of thiophene rings is 1. The summed E-state index contributed by atoms with van der Waals surface area (Å²) in [5.74, 6) is 0. The standard InChI is InChI=1S/C11H18N2O3S2/c1-3-8-4-5-11(17-8)18(15,16)13(2)9-6-12-7-10(9)14/h4-5,9-10,12,14H,3,6-7H2,1-2H3/t9-,10-/m1/s1. The van der Waals surface area contributed by atoms with Crippen LogP contribution < -0.4 is 5.32 Å². The molecule has 2 N–H and O–H groups in total. The molecule has 1 aromatic rings. The Bertz CT molecular complexity index is 512. The molecule has 0 bridgehead atoms. The molecular formula is C11H18N2O3S2. The van der Waals surface area contributed by atoms with Crippen molar-refractivity contribution in [1.82, 2.24) is 9.62 Å². The van der Waals surface area contributed by atoms with Crippen molar-refractivity contribution in [2.75, 3.05) is 20.1 Å². The minimum atomic E-state index is -3.49. The fourth-order valence-electron chi connectivity index (χ4n) is 2.03. The van der Waals surface area contributed by atoms with Gasteiger partial charge in [-0.3, -0.25) is 0 Å². The van der Waals surface area contributed by atoms with Crippen LogP contribution in [0, 0.1) is 0 Å². The van der Waals surface area contributed by atoms with Crippen LogP contribution in [0.15, 0.2) is 16.3 Å². The fraction of sp³-hybridized carbons (Fsp3) is 0.636. The SMILES string of the molecule is CCc1ccc(S(=O)(=O)N(C)[C@@H]2CNC[C@H]2O)s1. The summed E-state index contributed by atoms with van der Waals surface area (Å²) in [6.07, 6.45) is 0.188. The number of sulfonamides is 1. The molecule has 1 aromatic heterocycles. The van der Waals surface area contributed by atoms with E-state index in [4.69, 9.17) is 0 Å². The maximum Gasteiger partial charge on any atom is 0.252 e. The molecule has 1 fully saturated rings. The van der Waals surface area contributed by atoms with Gasteiger partial charge in [-0.25, -0.2) is 8.42 Å². The number of aliphatic hydroxyl groups is 1. The first-order chi connectivity index (χ1) is 8.46. The van der Waals surface area contributed by atoms with E-state index < -0.39 is 16.1 Å². The van der Waals surface area contributed by atoms with E-state index in [1.165, 1.54) is 22.7 Å². The minimum Gasteiger partial charge on any atom is -0.390 e. The van der Waals surface area contributed by atoms with E-state index in [9.17, 15) is 13.5 Å². The third-order valence-corrected chi connectivity index (χ3v) is 6.82. The Hall–Kier alpha value is -0.470. The lowest BCUT2D eigenvalue weighted by atomic mass is 10.2. The van der Waals surface area contributed by atoms with E-state index in [0.717, 1.165) is 11.3 Å². The van der Waals surface area contributed by atoms with Crippen LogP contribution in [0.3, 0.4) is 0 Å². The van der Waals surface area contributed by atoms with Gasteiger partial charge in [0.1, 0.15) is 4.21 Å². The Morgan fingerprint density at radius 2 is 2.22 bits per heavy atom. The Labute approximate surface area is 111 Å². The number of likely N-dealkylation sites (N-methyl/N-ethyl adjacent to an activating group) is 1. The number of rotatable bonds is 4. The van der Waals surface area contributed by atoms with Crippen LogP contribution in [0.4, 0.5) is 0 Å². The molecule has 2 rings (SSSR count). The van der Waals surface area contributed by atoms with Crippen molar-refractivity contribution in [2.24, 2.45) is 0 Å². The zero-order valence-electron chi connectivity index (χ0n) is 10.5. The molecule has 0 radical (unpaired) electrons. The largest absolute Gasteiger partial charge is 0.390 e. The molecule has 2 heterocycles. The molecule has 5 nitrogen and oxygen atoms in total. The molecule has 1 aliphatic rings. The Morgan fingerprint density at radius 1 is 1.50 bits per heavy atom. The highest BCUT2D eigenvalue weighted by molar-refractivity contribution is 7.91. The molecule has 0 aliphatic carbocycles. The van der Waals surface area contributed by atoms with Crippen LogP contribution in [0.1, 0.15) is 11.8 Å². The Morgan fingerprint density at radius 3 is 2.72 bits per heavy atom. The number of nitrogens with zero attached hydrogens (tertiary/aromatic N) is 1. The number of hydrogen-bond donors (Lipinski definition) is 2. The summed E-state index contributed by atoms with van der Waals surface area (Å²) in [6.45, 7) is 2.93. The van der Waals surface area contributed by atoms with Gasteiger partial charge in [0.15, 0.2) is 0 Å². The van der Waals surface area contributed by atoms with Gasteiger partial charge in [0.05, 0.1) is 12.1 Å². The minimum absolute atomic E-state index is 0.348. The first kappa shape index (κ1) is 14.0. The summed E-state index contributed by atoms with van der Waals surface area (Å²) in [5.41, 5.74) is 0. The predicted molar refractivity (Wildman–Crippen MR) is 71.3 cm³/mol. The average Bonchev–Trinajstić information content (AvgIpc) is 2.96. The average molecular weight is 290 g/mol. The third kappa shape index (κ3) is 2.46. The number of nitrogens with one attached hydrogen (secondary N) is 1. The maximum absolute atomic E-state index is 12.4. The summed E-state index contributed by atoms with van der Waals surface area (Å²) >= 11 is 1.30. The highest BCUT2D eigenvalue weighted by Gasteiger charge is 2.36. The van der Waals surface area contributed by atoms with Gasteiger partial charge in [0.25, 0.3) is 10.0 Å². The van der Waals surface area contributed by atoms with E-state index >= 15 is 0 Å². The van der Waals surface area contributed by atoms with Crippen molar-refractivity contribution >= 4 is 21.4 Å². The molecule has 0 saturated carbocycles. The lowest BCUT2D eigenvalue weighted by Crippen LogP contribution is -2.43. The molecule has 1 saturated heterocycles. The van der Waals surface area contributed by atoms with E-state index in [-0.39, 0.29) is 6.04 Å². The van der Waals surface area contributed by atoms with Crippen LogP contribution in [-0.4, -0.2) is 50.1 Å². The molecular weight excluding hydrogens is 272 g/mol. The first-order valence-electron chi connectivity index (χ1n) is 5.92. The lowest BCUT2D eigenvalue weighted by molar-refractivity contribution is 0.136. The Balaban J connectivity index is 2.24. The van der Waals surface area contributed by atoms with Crippen LogP contribution in [-0.2, 0) is 16.4 Å². The van der Waals surface area contributed by atoms with Crippen molar-refractivity contribution < 1.29 is 13.5 Å². The van der Waals surface area contributed by atoms with Gasteiger partial charge in [-0.05, 0) is 18.6 Å². The van der Waals surface area contributed by atoms with Crippen LogP contribution in [0.25, 0.3) is 0 Å². The summed E-state index contributed by atoms with van der Waals surface area (Å²) in [4.78, 5) is 1.05. The number of β-amino-alcohol motifs (C(OH)–C–C–N with tert-alkyl or cyclic N) is 1. The molecule has 0 unspecified atom stereocenters. The molecule has 0 aromatic carbocycles. The van der Waals surface area contributed by atoms with Crippen LogP contribution in [0.5, 0.6) is 0 Å². The smallest absolute Gasteiger partial charge is 0.252 e. The zero-order valence-corrected chi connectivity index (χ0v) is 12.1. The summed E-state index contributed by atoms with van der Waals surface area (Å²) < 4.78 is 26.4. The van der Waals surface area contributed by atoms with E-state index in [1.54, 1.807) is 6.07 Å². The molecule has 102 valence electrons. The normalized spacial score (nSPS) is 24.9. The van der Waals surface area contributed by atoms with Gasteiger partial charge < -0.3 is 10.4 Å². The van der Waals surface area contributed by atoms with Crippen molar-refractivity contribution in [2.45, 2.75) is 29.7 Å². The molecule has 2 atom stereocenters. The van der Waals surface area contributed by atoms with Gasteiger partial charge >= 0.3 is 0 Å². The quantitative estimate of drug-likeness (QED) is 0.835. The van der Waals surface area contributed by atoms with Crippen molar-refractivity contribution in [3.63, 3.8) is 0 Å². The number of hydrogen-bond acceptors (Lipinski definition) is 5. The zero-order chi connectivity index (χ0) is 13.3. The van der Waals surface area contributed by atoms with Crippen molar-refractivity contribution in [1.29, 1.82) is 0 Å². The second kappa shape index (κ2) is 5.26. The van der Waals surface area contributed by atoms with E-state index in [1.807, 2.05) is 13.0 Å². The Kier molecular flexibility index (Phi) is 4.08. The number of aliphatic hydroxyl groups excluding tert-OH is 1. The highest BCUT2D eigenvalue weighted by Crippen LogP contribution is 2.26. The molecule has 18 heavy (non-hydrogen) atoms. The summed E-state index contributed by atoms with van der Waals surface area (Å²) in [6, 6.07) is 3.10.